The van der Waals surface area contributed by atoms with Crippen molar-refractivity contribution < 1.29 is 13.9 Å². The minimum absolute atomic E-state index is 0.185. The molecule has 0 bridgehead atoms. The van der Waals surface area contributed by atoms with E-state index in [1.165, 1.54) is 0 Å². The minimum Gasteiger partial charge on any atom is -0.496 e. The van der Waals surface area contributed by atoms with Crippen LogP contribution in [-0.2, 0) is 0 Å². The number of methoxy groups -OCH3 is 1. The second-order valence-corrected chi connectivity index (χ2v) is 7.01. The van der Waals surface area contributed by atoms with Crippen molar-refractivity contribution in [2.45, 2.75) is 13.0 Å². The van der Waals surface area contributed by atoms with Crippen LogP contribution in [0.15, 0.2) is 95.4 Å². The van der Waals surface area contributed by atoms with E-state index in [4.69, 9.17) is 9.15 Å². The van der Waals surface area contributed by atoms with Crippen molar-refractivity contribution in [2.75, 3.05) is 7.11 Å². The van der Waals surface area contributed by atoms with Gasteiger partial charge in [0.15, 0.2) is 0 Å². The number of aryl methyl sites for hydroxylation is 1. The molecule has 0 radical (unpaired) electrons. The van der Waals surface area contributed by atoms with Crippen LogP contribution in [0.2, 0.25) is 0 Å². The number of hydrogen-bond donors (Lipinski definition) is 1. The van der Waals surface area contributed by atoms with Gasteiger partial charge in [-0.05, 0) is 36.2 Å². The van der Waals surface area contributed by atoms with Crippen LogP contribution < -0.4 is 10.1 Å². The van der Waals surface area contributed by atoms with E-state index < -0.39 is 0 Å². The van der Waals surface area contributed by atoms with Gasteiger partial charge in [-0.3, -0.25) is 4.79 Å². The molecule has 4 aromatic rings. The van der Waals surface area contributed by atoms with Gasteiger partial charge in [-0.2, -0.15) is 0 Å². The van der Waals surface area contributed by atoms with E-state index in [9.17, 15) is 4.79 Å². The van der Waals surface area contributed by atoms with Crippen LogP contribution in [0.25, 0.3) is 11.3 Å². The molecule has 1 amide bonds. The Morgan fingerprint density at radius 3 is 2.03 bits per heavy atom. The summed E-state index contributed by atoms with van der Waals surface area (Å²) in [6.07, 6.45) is 0. The maximum absolute atomic E-state index is 13.2. The lowest BCUT2D eigenvalue weighted by Gasteiger charge is -2.19. The molecule has 4 heteroatoms. The van der Waals surface area contributed by atoms with Crippen LogP contribution in [0.3, 0.4) is 0 Å². The summed E-state index contributed by atoms with van der Waals surface area (Å²) in [5.41, 5.74) is 3.35. The summed E-state index contributed by atoms with van der Waals surface area (Å²) in [5.74, 6) is 1.68. The molecule has 150 valence electrons. The zero-order valence-electron chi connectivity index (χ0n) is 17.0. The van der Waals surface area contributed by atoms with Crippen molar-refractivity contribution in [3.8, 4) is 17.1 Å². The SMILES string of the molecule is COc1ccccc1-c1cc(C(=O)NC(c2ccccc2)c2ccccc2)c(C)o1. The molecule has 1 aromatic heterocycles. The predicted octanol–water partition coefficient (Wildman–Crippen LogP) is 5.78. The Kier molecular flexibility index (Phi) is 5.66. The molecule has 0 aliphatic rings. The van der Waals surface area contributed by atoms with Crippen molar-refractivity contribution >= 4 is 5.91 Å². The molecule has 4 nitrogen and oxygen atoms in total. The molecule has 0 atom stereocenters. The number of furan rings is 1. The number of ether oxygens (including phenoxy) is 1. The number of nitrogens with one attached hydrogen (secondary N) is 1. The van der Waals surface area contributed by atoms with Crippen LogP contribution in [0.1, 0.15) is 33.3 Å². The number of hydrogen-bond acceptors (Lipinski definition) is 3. The summed E-state index contributed by atoms with van der Waals surface area (Å²) in [5, 5.41) is 3.17. The Bertz CT molecular complexity index is 1090. The van der Waals surface area contributed by atoms with Gasteiger partial charge in [0.05, 0.1) is 24.3 Å². The highest BCUT2D eigenvalue weighted by Gasteiger charge is 2.22. The van der Waals surface area contributed by atoms with Crippen LogP contribution in [0.4, 0.5) is 0 Å². The Morgan fingerprint density at radius 2 is 1.43 bits per heavy atom. The van der Waals surface area contributed by atoms with Gasteiger partial charge in [0.2, 0.25) is 0 Å². The number of carbonyl (C=O) groups excluding carboxylic acids is 1. The number of carbonyl (C=O) groups is 1. The second-order valence-electron chi connectivity index (χ2n) is 7.01. The fraction of sp³-hybridized carbons (Fsp3) is 0.115. The van der Waals surface area contributed by atoms with E-state index in [0.717, 1.165) is 16.7 Å². The van der Waals surface area contributed by atoms with E-state index in [0.29, 0.717) is 22.8 Å². The molecule has 0 saturated heterocycles. The fourth-order valence-electron chi connectivity index (χ4n) is 3.55. The first-order valence-electron chi connectivity index (χ1n) is 9.82. The van der Waals surface area contributed by atoms with E-state index >= 15 is 0 Å². The topological polar surface area (TPSA) is 51.5 Å². The summed E-state index contributed by atoms with van der Waals surface area (Å²) in [6.45, 7) is 1.80. The molecule has 3 aromatic carbocycles. The number of amides is 1. The third-order valence-corrected chi connectivity index (χ3v) is 5.08. The van der Waals surface area contributed by atoms with Crippen LogP contribution in [0.5, 0.6) is 5.75 Å². The number of benzene rings is 3. The van der Waals surface area contributed by atoms with Crippen molar-refractivity contribution in [3.63, 3.8) is 0 Å². The highest BCUT2D eigenvalue weighted by atomic mass is 16.5. The minimum atomic E-state index is -0.260. The van der Waals surface area contributed by atoms with Crippen molar-refractivity contribution in [2.24, 2.45) is 0 Å². The highest BCUT2D eigenvalue weighted by molar-refractivity contribution is 5.97. The van der Waals surface area contributed by atoms with Gasteiger partial charge in [0, 0.05) is 0 Å². The maximum Gasteiger partial charge on any atom is 0.255 e. The highest BCUT2D eigenvalue weighted by Crippen LogP contribution is 2.33. The van der Waals surface area contributed by atoms with Crippen molar-refractivity contribution in [3.05, 3.63) is 113 Å². The van der Waals surface area contributed by atoms with E-state index in [2.05, 4.69) is 5.32 Å². The zero-order chi connectivity index (χ0) is 20.9. The Morgan fingerprint density at radius 1 is 0.867 bits per heavy atom. The molecule has 4 rings (SSSR count). The molecule has 30 heavy (non-hydrogen) atoms. The second kappa shape index (κ2) is 8.70. The lowest BCUT2D eigenvalue weighted by Crippen LogP contribution is -2.29. The molecule has 0 unspecified atom stereocenters. The predicted molar refractivity (Wildman–Crippen MR) is 118 cm³/mol. The zero-order valence-corrected chi connectivity index (χ0v) is 17.0. The lowest BCUT2D eigenvalue weighted by molar-refractivity contribution is 0.0941. The Labute approximate surface area is 176 Å². The molecular formula is C26H23NO3. The van der Waals surface area contributed by atoms with Crippen LogP contribution in [-0.4, -0.2) is 13.0 Å². The number of rotatable bonds is 6. The van der Waals surface area contributed by atoms with Gasteiger partial charge in [-0.1, -0.05) is 72.8 Å². The first-order chi connectivity index (χ1) is 14.7. The molecule has 1 heterocycles. The summed E-state index contributed by atoms with van der Waals surface area (Å²) < 4.78 is 11.3. The monoisotopic (exact) mass is 397 g/mol. The largest absolute Gasteiger partial charge is 0.496 e. The van der Waals surface area contributed by atoms with Gasteiger partial charge < -0.3 is 14.5 Å². The Balaban J connectivity index is 1.66. The third-order valence-electron chi connectivity index (χ3n) is 5.08. The molecule has 0 aliphatic carbocycles. The summed E-state index contributed by atoms with van der Waals surface area (Å²) in [4.78, 5) is 13.2. The summed E-state index contributed by atoms with van der Waals surface area (Å²) in [6, 6.07) is 29.0. The molecule has 0 spiro atoms. The molecule has 0 saturated carbocycles. The normalized spacial score (nSPS) is 10.8. The number of para-hydroxylation sites is 1. The average molecular weight is 397 g/mol. The van der Waals surface area contributed by atoms with Crippen molar-refractivity contribution in [1.29, 1.82) is 0 Å². The van der Waals surface area contributed by atoms with Crippen molar-refractivity contribution in [1.82, 2.24) is 5.32 Å². The van der Waals surface area contributed by atoms with Gasteiger partial charge in [0.1, 0.15) is 17.3 Å². The summed E-state index contributed by atoms with van der Waals surface area (Å²) in [7, 11) is 1.62. The fourth-order valence-corrected chi connectivity index (χ4v) is 3.55. The maximum atomic E-state index is 13.2. The van der Waals surface area contributed by atoms with Gasteiger partial charge >= 0.3 is 0 Å². The van der Waals surface area contributed by atoms with Gasteiger partial charge in [-0.25, -0.2) is 0 Å². The van der Waals surface area contributed by atoms with Crippen LogP contribution >= 0.6 is 0 Å². The smallest absolute Gasteiger partial charge is 0.255 e. The molecule has 0 fully saturated rings. The third kappa shape index (κ3) is 3.98. The Hall–Kier alpha value is -3.79. The standard InChI is InChI=1S/C26H23NO3/c1-18-22(17-24(30-18)21-15-9-10-16-23(21)29-2)26(28)27-25(19-11-5-3-6-12-19)20-13-7-4-8-14-20/h3-17,25H,1-2H3,(H,27,28). The van der Waals surface area contributed by atoms with E-state index in [-0.39, 0.29) is 11.9 Å². The quantitative estimate of drug-likeness (QED) is 0.448. The van der Waals surface area contributed by atoms with E-state index in [1.807, 2.05) is 84.9 Å². The molecule has 0 aliphatic heterocycles. The first-order valence-corrected chi connectivity index (χ1v) is 9.82. The van der Waals surface area contributed by atoms with E-state index in [1.54, 1.807) is 20.1 Å². The first kappa shape index (κ1) is 19.5. The molecule has 1 N–H and O–H groups in total. The van der Waals surface area contributed by atoms with Crippen LogP contribution in [0, 0.1) is 6.92 Å². The average Bonchev–Trinajstić information content (AvgIpc) is 3.20. The lowest BCUT2D eigenvalue weighted by atomic mass is 9.98. The van der Waals surface area contributed by atoms with Gasteiger partial charge in [-0.15, -0.1) is 0 Å². The summed E-state index contributed by atoms with van der Waals surface area (Å²) >= 11 is 0. The van der Waals surface area contributed by atoms with Gasteiger partial charge in [0.25, 0.3) is 5.91 Å². The molecular weight excluding hydrogens is 374 g/mol.